The first-order chi connectivity index (χ1) is 15.5. The highest BCUT2D eigenvalue weighted by molar-refractivity contribution is 7.22. The summed E-state index contributed by atoms with van der Waals surface area (Å²) in [5.41, 5.74) is 2.76. The van der Waals surface area contributed by atoms with Crippen LogP contribution in [0.1, 0.15) is 12.0 Å². The summed E-state index contributed by atoms with van der Waals surface area (Å²) in [5, 5.41) is 6.39. The Morgan fingerprint density at radius 1 is 1.12 bits per heavy atom. The van der Waals surface area contributed by atoms with E-state index in [4.69, 9.17) is 4.98 Å². The number of hydrogen-bond donors (Lipinski definition) is 1. The van der Waals surface area contributed by atoms with Crippen molar-refractivity contribution in [1.82, 2.24) is 9.88 Å². The Balaban J connectivity index is 1.27. The molecular weight excluding hydrogens is 416 g/mol. The predicted octanol–water partition coefficient (Wildman–Crippen LogP) is 5.24. The van der Waals surface area contributed by atoms with Crippen molar-refractivity contribution < 1.29 is 4.79 Å². The first-order valence-corrected chi connectivity index (χ1v) is 11.7. The number of fused-ring (bicyclic) bond motifs is 2. The van der Waals surface area contributed by atoms with E-state index in [1.807, 2.05) is 42.5 Å². The minimum atomic E-state index is -0.143. The summed E-state index contributed by atoms with van der Waals surface area (Å²) in [6.45, 7) is 2.04. The molecule has 0 saturated carbocycles. The molecule has 1 amide bonds. The average molecular weight is 443 g/mol. The van der Waals surface area contributed by atoms with Crippen LogP contribution >= 0.6 is 11.3 Å². The molecule has 5 rings (SSSR count). The van der Waals surface area contributed by atoms with Crippen molar-refractivity contribution in [1.29, 1.82) is 0 Å². The Morgan fingerprint density at radius 3 is 2.78 bits per heavy atom. The van der Waals surface area contributed by atoms with E-state index < -0.39 is 0 Å². The number of aromatic nitrogens is 1. The fraction of sp³-hybridized carbons (Fsp3) is 0.231. The molecule has 1 aromatic heterocycles. The van der Waals surface area contributed by atoms with Gasteiger partial charge < -0.3 is 15.1 Å². The van der Waals surface area contributed by atoms with Crippen molar-refractivity contribution in [3.8, 4) is 0 Å². The van der Waals surface area contributed by atoms with Gasteiger partial charge in [-0.3, -0.25) is 4.79 Å². The lowest BCUT2D eigenvalue weighted by molar-refractivity contribution is -0.111. The Bertz CT molecular complexity index is 1310. The lowest BCUT2D eigenvalue weighted by atomic mass is 10.1. The molecule has 2 heterocycles. The number of likely N-dealkylation sites (N-methyl/N-ethyl adjacent to an activating group) is 1. The van der Waals surface area contributed by atoms with Gasteiger partial charge >= 0.3 is 0 Å². The number of carbonyl (C=O) groups excluding carboxylic acids is 1. The Morgan fingerprint density at radius 2 is 1.97 bits per heavy atom. The molecule has 5 nitrogen and oxygen atoms in total. The number of benzene rings is 3. The summed E-state index contributed by atoms with van der Waals surface area (Å²) in [4.78, 5) is 21.9. The lowest BCUT2D eigenvalue weighted by Gasteiger charge is -2.19. The van der Waals surface area contributed by atoms with E-state index in [0.717, 1.165) is 51.5 Å². The van der Waals surface area contributed by atoms with Crippen LogP contribution < -0.4 is 10.2 Å². The maximum absolute atomic E-state index is 12.5. The number of amides is 1. The topological polar surface area (TPSA) is 48.5 Å². The summed E-state index contributed by atoms with van der Waals surface area (Å²) >= 11 is 1.69. The second-order valence-corrected chi connectivity index (χ2v) is 9.47. The smallest absolute Gasteiger partial charge is 0.248 e. The minimum Gasteiger partial charge on any atom is -0.346 e. The van der Waals surface area contributed by atoms with Crippen molar-refractivity contribution in [3.05, 3.63) is 72.3 Å². The molecule has 0 spiro atoms. The molecule has 162 valence electrons. The van der Waals surface area contributed by atoms with E-state index in [1.54, 1.807) is 17.4 Å². The standard InChI is InChI=1S/C26H26N4OS/c1-29(2)22-13-14-30(17-22)26-28-23-11-10-21(16-24(23)32-26)27-25(31)12-8-18-7-9-19-5-3-4-6-20(19)15-18/h3-12,15-16,22H,13-14,17H2,1-2H3,(H,27,31). The quantitative estimate of drug-likeness (QED) is 0.429. The number of nitrogens with one attached hydrogen (secondary N) is 1. The van der Waals surface area contributed by atoms with Crippen LogP contribution in [-0.2, 0) is 4.79 Å². The summed E-state index contributed by atoms with van der Waals surface area (Å²) < 4.78 is 1.09. The summed E-state index contributed by atoms with van der Waals surface area (Å²) in [6.07, 6.45) is 4.59. The number of nitrogens with zero attached hydrogens (tertiary/aromatic N) is 3. The van der Waals surface area contributed by atoms with Crippen molar-refractivity contribution in [2.24, 2.45) is 0 Å². The molecule has 0 bridgehead atoms. The van der Waals surface area contributed by atoms with Crippen LogP contribution in [0.4, 0.5) is 10.8 Å². The molecule has 1 unspecified atom stereocenters. The zero-order chi connectivity index (χ0) is 22.1. The third-order valence-electron chi connectivity index (χ3n) is 6.01. The SMILES string of the molecule is CN(C)C1CCN(c2nc3ccc(NC(=O)C=Cc4ccc5ccccc5c4)cc3s2)C1. The van der Waals surface area contributed by atoms with Crippen LogP contribution in [0, 0.1) is 0 Å². The van der Waals surface area contributed by atoms with E-state index in [0.29, 0.717) is 6.04 Å². The molecule has 1 aliphatic rings. The van der Waals surface area contributed by atoms with E-state index in [9.17, 15) is 4.79 Å². The number of rotatable bonds is 5. The maximum atomic E-state index is 12.5. The molecule has 1 fully saturated rings. The Kier molecular flexibility index (Phi) is 5.64. The largest absolute Gasteiger partial charge is 0.346 e. The van der Waals surface area contributed by atoms with Gasteiger partial charge in [0.05, 0.1) is 10.2 Å². The number of carbonyl (C=O) groups is 1. The molecule has 0 radical (unpaired) electrons. The van der Waals surface area contributed by atoms with Crippen LogP contribution in [-0.4, -0.2) is 49.0 Å². The number of hydrogen-bond acceptors (Lipinski definition) is 5. The summed E-state index contributed by atoms with van der Waals surface area (Å²) in [6, 6.07) is 20.9. The lowest BCUT2D eigenvalue weighted by Crippen LogP contribution is -2.31. The number of thiazole rings is 1. The second-order valence-electron chi connectivity index (χ2n) is 8.46. The Labute approximate surface area is 192 Å². The fourth-order valence-electron chi connectivity index (χ4n) is 4.13. The van der Waals surface area contributed by atoms with Crippen molar-refractivity contribution in [2.45, 2.75) is 12.5 Å². The van der Waals surface area contributed by atoms with Crippen LogP contribution in [0.3, 0.4) is 0 Å². The van der Waals surface area contributed by atoms with Gasteiger partial charge in [0.25, 0.3) is 0 Å². The van der Waals surface area contributed by atoms with Crippen molar-refractivity contribution in [3.63, 3.8) is 0 Å². The molecule has 1 saturated heterocycles. The van der Waals surface area contributed by atoms with Crippen LogP contribution in [0.25, 0.3) is 27.1 Å². The highest BCUT2D eigenvalue weighted by atomic mass is 32.1. The predicted molar refractivity (Wildman–Crippen MR) is 136 cm³/mol. The monoisotopic (exact) mass is 442 g/mol. The maximum Gasteiger partial charge on any atom is 0.248 e. The van der Waals surface area contributed by atoms with Gasteiger partial charge in [0, 0.05) is 30.9 Å². The molecule has 3 aromatic carbocycles. The second kappa shape index (κ2) is 8.73. The molecule has 6 heteroatoms. The molecule has 1 N–H and O–H groups in total. The average Bonchev–Trinajstić information content (AvgIpc) is 3.44. The molecule has 1 aliphatic heterocycles. The highest BCUT2D eigenvalue weighted by Crippen LogP contribution is 2.33. The molecule has 4 aromatic rings. The summed E-state index contributed by atoms with van der Waals surface area (Å²) in [5.74, 6) is -0.143. The van der Waals surface area contributed by atoms with Gasteiger partial charge in [0.2, 0.25) is 5.91 Å². The third-order valence-corrected chi connectivity index (χ3v) is 7.09. The van der Waals surface area contributed by atoms with Crippen molar-refractivity contribution >= 4 is 55.1 Å². The van der Waals surface area contributed by atoms with Gasteiger partial charge in [-0.15, -0.1) is 0 Å². The first-order valence-electron chi connectivity index (χ1n) is 10.8. The van der Waals surface area contributed by atoms with E-state index >= 15 is 0 Å². The molecular formula is C26H26N4OS. The van der Waals surface area contributed by atoms with Crippen LogP contribution in [0.2, 0.25) is 0 Å². The van der Waals surface area contributed by atoms with Gasteiger partial charge in [-0.25, -0.2) is 4.98 Å². The van der Waals surface area contributed by atoms with Gasteiger partial charge in [-0.05, 0) is 67.2 Å². The molecule has 1 atom stereocenters. The molecule has 0 aliphatic carbocycles. The van der Waals surface area contributed by atoms with Crippen LogP contribution in [0.15, 0.2) is 66.7 Å². The van der Waals surface area contributed by atoms with Crippen molar-refractivity contribution in [2.75, 3.05) is 37.4 Å². The van der Waals surface area contributed by atoms with Gasteiger partial charge in [0.1, 0.15) is 0 Å². The third kappa shape index (κ3) is 4.38. The highest BCUT2D eigenvalue weighted by Gasteiger charge is 2.26. The van der Waals surface area contributed by atoms with E-state index in [2.05, 4.69) is 53.5 Å². The molecule has 32 heavy (non-hydrogen) atoms. The zero-order valence-corrected chi connectivity index (χ0v) is 19.1. The normalized spacial score (nSPS) is 16.6. The summed E-state index contributed by atoms with van der Waals surface area (Å²) in [7, 11) is 4.27. The minimum absolute atomic E-state index is 0.143. The first kappa shape index (κ1) is 20.7. The Hall–Kier alpha value is -3.22. The van der Waals surface area contributed by atoms with Gasteiger partial charge in [0.15, 0.2) is 5.13 Å². The van der Waals surface area contributed by atoms with Crippen LogP contribution in [0.5, 0.6) is 0 Å². The van der Waals surface area contributed by atoms with Gasteiger partial charge in [-0.2, -0.15) is 0 Å². The zero-order valence-electron chi connectivity index (χ0n) is 18.3. The van der Waals surface area contributed by atoms with Gasteiger partial charge in [-0.1, -0.05) is 47.7 Å². The fourth-order valence-corrected chi connectivity index (χ4v) is 5.17. The van der Waals surface area contributed by atoms with E-state index in [1.165, 1.54) is 5.39 Å². The number of anilines is 2. The van der Waals surface area contributed by atoms with E-state index in [-0.39, 0.29) is 5.91 Å².